The Hall–Kier alpha value is -2.61. The summed E-state index contributed by atoms with van der Waals surface area (Å²) in [4.78, 5) is 12.5. The number of thioether (sulfide) groups is 1. The van der Waals surface area contributed by atoms with Crippen molar-refractivity contribution in [3.8, 4) is 11.4 Å². The molecule has 0 atom stereocenters. The van der Waals surface area contributed by atoms with Gasteiger partial charge in [-0.1, -0.05) is 56.8 Å². The maximum absolute atomic E-state index is 12.5. The van der Waals surface area contributed by atoms with Gasteiger partial charge in [-0.05, 0) is 31.7 Å². The summed E-state index contributed by atoms with van der Waals surface area (Å²) < 4.78 is 3.81. The molecule has 0 unspecified atom stereocenters. The molecular weight excluding hydrogens is 396 g/mol. The lowest BCUT2D eigenvalue weighted by atomic mass is 9.87. The molecule has 1 amide bonds. The van der Waals surface area contributed by atoms with E-state index in [1.54, 1.807) is 4.68 Å². The molecule has 8 heteroatoms. The van der Waals surface area contributed by atoms with Gasteiger partial charge < -0.3 is 9.88 Å². The first-order valence-corrected chi connectivity index (χ1v) is 11.1. The lowest BCUT2D eigenvalue weighted by Gasteiger charge is -2.19. The average Bonchev–Trinajstić information content (AvgIpc) is 3.21. The lowest BCUT2D eigenvalue weighted by Crippen LogP contribution is -2.15. The summed E-state index contributed by atoms with van der Waals surface area (Å²) >= 11 is 1.39. The molecule has 0 radical (unpaired) electrons. The number of nitrogens with one attached hydrogen (secondary N) is 1. The minimum absolute atomic E-state index is 0.0825. The summed E-state index contributed by atoms with van der Waals surface area (Å²) in [6.45, 7) is 13.2. The monoisotopic (exact) mass is 426 g/mol. The topological polar surface area (TPSA) is 77.6 Å². The molecule has 1 aromatic carbocycles. The Morgan fingerprint density at radius 2 is 1.80 bits per heavy atom. The Labute approximate surface area is 182 Å². The fourth-order valence-corrected chi connectivity index (χ4v) is 4.08. The van der Waals surface area contributed by atoms with E-state index in [0.29, 0.717) is 0 Å². The fourth-order valence-electron chi connectivity index (χ4n) is 3.27. The molecule has 1 N–H and O–H groups in total. The third-order valence-electron chi connectivity index (χ3n) is 5.15. The minimum atomic E-state index is -0.0825. The Kier molecular flexibility index (Phi) is 6.36. The van der Waals surface area contributed by atoms with Crippen molar-refractivity contribution < 1.29 is 4.79 Å². The van der Waals surface area contributed by atoms with Gasteiger partial charge in [-0.25, -0.2) is 0 Å². The molecule has 0 aliphatic rings. The van der Waals surface area contributed by atoms with Crippen LogP contribution in [-0.2, 0) is 23.8 Å². The van der Waals surface area contributed by atoms with E-state index in [4.69, 9.17) is 0 Å². The quantitative estimate of drug-likeness (QED) is 0.593. The van der Waals surface area contributed by atoms with Crippen LogP contribution in [-0.4, -0.2) is 36.2 Å². The van der Waals surface area contributed by atoms with E-state index in [-0.39, 0.29) is 17.1 Å². The van der Waals surface area contributed by atoms with Gasteiger partial charge in [0.05, 0.1) is 22.8 Å². The number of rotatable bonds is 6. The summed E-state index contributed by atoms with van der Waals surface area (Å²) in [6.07, 6.45) is 0. The number of hydrogen-bond donors (Lipinski definition) is 1. The van der Waals surface area contributed by atoms with E-state index in [1.807, 2.05) is 25.5 Å². The van der Waals surface area contributed by atoms with Crippen LogP contribution in [0.1, 0.15) is 44.6 Å². The molecule has 0 spiro atoms. The Morgan fingerprint density at radius 3 is 2.33 bits per heavy atom. The van der Waals surface area contributed by atoms with Crippen molar-refractivity contribution in [1.82, 2.24) is 24.5 Å². The van der Waals surface area contributed by atoms with E-state index >= 15 is 0 Å². The molecule has 3 rings (SSSR count). The Bertz CT molecular complexity index is 1040. The van der Waals surface area contributed by atoms with Crippen LogP contribution in [0.5, 0.6) is 0 Å². The van der Waals surface area contributed by atoms with Crippen LogP contribution in [0.2, 0.25) is 0 Å². The van der Waals surface area contributed by atoms with Crippen molar-refractivity contribution in [3.63, 3.8) is 0 Å². The zero-order valence-corrected chi connectivity index (χ0v) is 19.6. The number of anilines is 1. The highest BCUT2D eigenvalue weighted by Gasteiger charge is 2.18. The molecule has 3 aromatic rings. The highest BCUT2D eigenvalue weighted by atomic mass is 32.2. The lowest BCUT2D eigenvalue weighted by molar-refractivity contribution is -0.113. The summed E-state index contributed by atoms with van der Waals surface area (Å²) in [7, 11) is 1.87. The number of benzene rings is 1. The van der Waals surface area contributed by atoms with Gasteiger partial charge in [0.25, 0.3) is 0 Å². The van der Waals surface area contributed by atoms with Crippen LogP contribution in [0.3, 0.4) is 0 Å². The zero-order valence-electron chi connectivity index (χ0n) is 18.8. The number of nitrogens with zero attached hydrogens (tertiary/aromatic N) is 5. The highest BCUT2D eigenvalue weighted by Crippen LogP contribution is 2.28. The van der Waals surface area contributed by atoms with Crippen molar-refractivity contribution in [2.24, 2.45) is 7.05 Å². The van der Waals surface area contributed by atoms with E-state index in [2.05, 4.69) is 72.6 Å². The predicted molar refractivity (Wildman–Crippen MR) is 122 cm³/mol. The second kappa shape index (κ2) is 8.63. The maximum Gasteiger partial charge on any atom is 0.234 e. The van der Waals surface area contributed by atoms with Gasteiger partial charge >= 0.3 is 0 Å². The van der Waals surface area contributed by atoms with E-state index in [9.17, 15) is 4.79 Å². The van der Waals surface area contributed by atoms with Crippen LogP contribution in [0.15, 0.2) is 29.4 Å². The first-order valence-electron chi connectivity index (χ1n) is 10.1. The van der Waals surface area contributed by atoms with E-state index < -0.39 is 0 Å². The third-order valence-corrected chi connectivity index (χ3v) is 6.11. The molecule has 2 aromatic heterocycles. The second-order valence-electron chi connectivity index (χ2n) is 8.38. The molecule has 0 aliphatic carbocycles. The zero-order chi connectivity index (χ0) is 22.1. The van der Waals surface area contributed by atoms with Gasteiger partial charge in [-0.2, -0.15) is 5.10 Å². The SMILES string of the molecule is CCn1c(SCC(=O)Nc2c(C)nn(C)c2C)nnc1-c1ccc(C(C)(C)C)cc1. The van der Waals surface area contributed by atoms with Gasteiger partial charge in [0, 0.05) is 19.2 Å². The summed E-state index contributed by atoms with van der Waals surface area (Å²) in [5.41, 5.74) is 4.93. The third kappa shape index (κ3) is 4.59. The van der Waals surface area contributed by atoms with Gasteiger partial charge in [0.1, 0.15) is 0 Å². The predicted octanol–water partition coefficient (Wildman–Crippen LogP) is 4.34. The van der Waals surface area contributed by atoms with Crippen molar-refractivity contribution in [2.75, 3.05) is 11.1 Å². The molecule has 160 valence electrons. The number of aryl methyl sites for hydroxylation is 2. The van der Waals surface area contributed by atoms with Gasteiger partial charge in [0.15, 0.2) is 11.0 Å². The normalized spacial score (nSPS) is 11.7. The molecule has 0 saturated carbocycles. The molecule has 0 aliphatic heterocycles. The standard InChI is InChI=1S/C22H30N6OS/c1-8-28-20(16-9-11-17(12-10-16)22(4,5)6)24-25-21(28)30-13-18(29)23-19-14(2)26-27(7)15(19)3/h9-12H,8,13H2,1-7H3,(H,23,29). The van der Waals surface area contributed by atoms with Crippen LogP contribution in [0.4, 0.5) is 5.69 Å². The molecular formula is C22H30N6OS. The summed E-state index contributed by atoms with van der Waals surface area (Å²) in [5.74, 6) is 0.996. The average molecular weight is 427 g/mol. The smallest absolute Gasteiger partial charge is 0.234 e. The van der Waals surface area contributed by atoms with E-state index in [1.165, 1.54) is 17.3 Å². The summed E-state index contributed by atoms with van der Waals surface area (Å²) in [6, 6.07) is 8.46. The van der Waals surface area contributed by atoms with Crippen molar-refractivity contribution in [3.05, 3.63) is 41.2 Å². The fraction of sp³-hybridized carbons (Fsp3) is 0.455. The number of carbonyl (C=O) groups excluding carboxylic acids is 1. The molecule has 0 saturated heterocycles. The maximum atomic E-state index is 12.5. The number of aromatic nitrogens is 5. The van der Waals surface area contributed by atoms with Crippen LogP contribution < -0.4 is 5.32 Å². The van der Waals surface area contributed by atoms with Crippen LogP contribution in [0, 0.1) is 13.8 Å². The molecule has 0 bridgehead atoms. The van der Waals surface area contributed by atoms with Gasteiger partial charge in [-0.15, -0.1) is 10.2 Å². The second-order valence-corrected chi connectivity index (χ2v) is 9.33. The van der Waals surface area contributed by atoms with E-state index in [0.717, 1.165) is 40.2 Å². The summed E-state index contributed by atoms with van der Waals surface area (Å²) in [5, 5.41) is 16.8. The minimum Gasteiger partial charge on any atom is -0.322 e. The first kappa shape index (κ1) is 22.1. The molecule has 2 heterocycles. The molecule has 7 nitrogen and oxygen atoms in total. The number of hydrogen-bond acceptors (Lipinski definition) is 5. The highest BCUT2D eigenvalue weighted by molar-refractivity contribution is 7.99. The van der Waals surface area contributed by atoms with Crippen LogP contribution >= 0.6 is 11.8 Å². The number of amides is 1. The molecule has 0 fully saturated rings. The van der Waals surface area contributed by atoms with Crippen molar-refractivity contribution >= 4 is 23.4 Å². The number of carbonyl (C=O) groups is 1. The first-order chi connectivity index (χ1) is 14.1. The van der Waals surface area contributed by atoms with Crippen LogP contribution in [0.25, 0.3) is 11.4 Å². The van der Waals surface area contributed by atoms with Crippen molar-refractivity contribution in [2.45, 2.75) is 58.7 Å². The molecule has 30 heavy (non-hydrogen) atoms. The van der Waals surface area contributed by atoms with Gasteiger partial charge in [-0.3, -0.25) is 9.48 Å². The Morgan fingerprint density at radius 1 is 1.13 bits per heavy atom. The van der Waals surface area contributed by atoms with Crippen molar-refractivity contribution in [1.29, 1.82) is 0 Å². The van der Waals surface area contributed by atoms with Gasteiger partial charge in [0.2, 0.25) is 5.91 Å². The largest absolute Gasteiger partial charge is 0.322 e. The Balaban J connectivity index is 1.72.